The molecule has 2 amide bonds. The largest absolute Gasteiger partial charge is 0.346 e. The molecule has 1 aromatic heterocycles. The normalized spacial score (nSPS) is 11.3. The number of nitrogens with one attached hydrogen (secondary N) is 1. The molecule has 0 spiro atoms. The molecule has 2 aromatic carbocycles. The maximum atomic E-state index is 11.9. The molecule has 0 aliphatic rings. The van der Waals surface area contributed by atoms with Crippen LogP contribution < -0.4 is 10.7 Å². The third kappa shape index (κ3) is 3.84. The van der Waals surface area contributed by atoms with Gasteiger partial charge in [0.2, 0.25) is 0 Å². The Hall–Kier alpha value is -2.92. The topological polar surface area (TPSA) is 59.3 Å². The number of hydrogen-bond acceptors (Lipinski definition) is 2. The molecule has 0 saturated carbocycles. The second-order valence-electron chi connectivity index (χ2n) is 4.69. The van der Waals surface area contributed by atoms with Crippen molar-refractivity contribution in [2.75, 3.05) is 5.32 Å². The number of halogens is 1. The smallest absolute Gasteiger partial charge is 0.305 e. The van der Waals surface area contributed by atoms with Crippen LogP contribution in [0, 0.1) is 0 Å². The van der Waals surface area contributed by atoms with Crippen LogP contribution >= 0.6 is 11.6 Å². The number of nitrogens with zero attached hydrogens (tertiary/aromatic N) is 3. The number of urea groups is 1. The third-order valence-corrected chi connectivity index (χ3v) is 3.40. The van der Waals surface area contributed by atoms with Gasteiger partial charge >= 0.3 is 6.03 Å². The van der Waals surface area contributed by atoms with Crippen molar-refractivity contribution in [2.45, 2.75) is 0 Å². The van der Waals surface area contributed by atoms with E-state index in [-0.39, 0.29) is 0 Å². The predicted octanol–water partition coefficient (Wildman–Crippen LogP) is 3.66. The highest BCUT2D eigenvalue weighted by Gasteiger charge is 2.03. The van der Waals surface area contributed by atoms with Gasteiger partial charge in [0.05, 0.1) is 28.0 Å². The summed E-state index contributed by atoms with van der Waals surface area (Å²) in [5.74, 6) is 0. The Morgan fingerprint density at radius 2 is 1.78 bits per heavy atom. The Kier molecular flexibility index (Phi) is 4.49. The highest BCUT2D eigenvalue weighted by Crippen LogP contribution is 2.20. The van der Waals surface area contributed by atoms with Gasteiger partial charge in [-0.1, -0.05) is 41.9 Å². The van der Waals surface area contributed by atoms with Crippen molar-refractivity contribution in [3.63, 3.8) is 0 Å². The summed E-state index contributed by atoms with van der Waals surface area (Å²) in [6.07, 6.45) is 3.27. The van der Waals surface area contributed by atoms with Gasteiger partial charge < -0.3 is 5.32 Å². The predicted molar refractivity (Wildman–Crippen MR) is 89.6 cm³/mol. The van der Waals surface area contributed by atoms with E-state index in [1.807, 2.05) is 30.3 Å². The summed E-state index contributed by atoms with van der Waals surface area (Å²) in [5.41, 5.74) is 1.45. The summed E-state index contributed by atoms with van der Waals surface area (Å²) in [5, 5.41) is 7.80. The fourth-order valence-corrected chi connectivity index (χ4v) is 2.16. The minimum absolute atomic E-state index is 0.460. The molecule has 0 saturated heterocycles. The van der Waals surface area contributed by atoms with Gasteiger partial charge in [-0.15, -0.1) is 0 Å². The first-order valence-electron chi connectivity index (χ1n) is 6.93. The van der Waals surface area contributed by atoms with Crippen molar-refractivity contribution in [2.24, 2.45) is 4.99 Å². The summed E-state index contributed by atoms with van der Waals surface area (Å²) in [6, 6.07) is 17.9. The molecule has 114 valence electrons. The summed E-state index contributed by atoms with van der Waals surface area (Å²) in [4.78, 5) is 15.9. The number of amides is 2. The summed E-state index contributed by atoms with van der Waals surface area (Å²) >= 11 is 5.99. The number of benzene rings is 2. The average molecular weight is 325 g/mol. The first-order valence-corrected chi connectivity index (χ1v) is 7.31. The van der Waals surface area contributed by atoms with Crippen molar-refractivity contribution in [1.82, 2.24) is 9.78 Å². The quantitative estimate of drug-likeness (QED) is 0.782. The molecule has 1 heterocycles. The first-order chi connectivity index (χ1) is 11.2. The van der Waals surface area contributed by atoms with E-state index in [4.69, 9.17) is 11.6 Å². The maximum Gasteiger partial charge on any atom is 0.346 e. The zero-order chi connectivity index (χ0) is 16.1. The summed E-state index contributed by atoms with van der Waals surface area (Å²) in [6.45, 7) is 0. The number of anilines is 1. The zero-order valence-corrected chi connectivity index (χ0v) is 12.8. The molecule has 6 heteroatoms. The van der Waals surface area contributed by atoms with E-state index in [0.717, 1.165) is 5.69 Å². The van der Waals surface area contributed by atoms with Crippen LogP contribution in [0.4, 0.5) is 10.5 Å². The number of carbonyl (C=O) groups is 1. The van der Waals surface area contributed by atoms with Gasteiger partial charge in [-0.2, -0.15) is 10.1 Å². The lowest BCUT2D eigenvalue weighted by molar-refractivity contribution is 0.259. The first kappa shape index (κ1) is 15.0. The SMILES string of the molecule is O=C(N=c1ccn(-c2ccccc2)nc1)Nc1ccccc1Cl. The van der Waals surface area contributed by atoms with Gasteiger partial charge in [-0.25, -0.2) is 9.48 Å². The van der Waals surface area contributed by atoms with E-state index in [2.05, 4.69) is 15.4 Å². The van der Waals surface area contributed by atoms with E-state index in [1.165, 1.54) is 6.20 Å². The van der Waals surface area contributed by atoms with Crippen LogP contribution in [0.25, 0.3) is 5.69 Å². The maximum absolute atomic E-state index is 11.9. The van der Waals surface area contributed by atoms with Gasteiger partial charge in [-0.05, 0) is 30.3 Å². The van der Waals surface area contributed by atoms with E-state index >= 15 is 0 Å². The molecule has 1 N–H and O–H groups in total. The molecule has 0 aliphatic heterocycles. The minimum atomic E-state index is -0.502. The average Bonchev–Trinajstić information content (AvgIpc) is 2.58. The summed E-state index contributed by atoms with van der Waals surface area (Å²) in [7, 11) is 0. The van der Waals surface area contributed by atoms with Crippen LogP contribution in [0.3, 0.4) is 0 Å². The molecule has 3 rings (SSSR count). The number of rotatable bonds is 2. The van der Waals surface area contributed by atoms with E-state index in [0.29, 0.717) is 16.1 Å². The minimum Gasteiger partial charge on any atom is -0.305 e. The Bertz CT molecular complexity index is 870. The molecule has 0 atom stereocenters. The number of carbonyl (C=O) groups excluding carboxylic acids is 1. The third-order valence-electron chi connectivity index (χ3n) is 3.07. The Morgan fingerprint density at radius 1 is 1.04 bits per heavy atom. The molecule has 23 heavy (non-hydrogen) atoms. The monoisotopic (exact) mass is 324 g/mol. The highest BCUT2D eigenvalue weighted by molar-refractivity contribution is 6.33. The lowest BCUT2D eigenvalue weighted by atomic mass is 10.3. The fraction of sp³-hybridized carbons (Fsp3) is 0. The molecule has 0 radical (unpaired) electrons. The van der Waals surface area contributed by atoms with Crippen LogP contribution in [0.1, 0.15) is 0 Å². The van der Waals surface area contributed by atoms with Crippen molar-refractivity contribution in [3.8, 4) is 5.69 Å². The molecular weight excluding hydrogens is 312 g/mol. The van der Waals surface area contributed by atoms with Crippen molar-refractivity contribution in [3.05, 3.63) is 83.4 Å². The van der Waals surface area contributed by atoms with Crippen LogP contribution in [0.2, 0.25) is 5.02 Å². The molecule has 0 fully saturated rings. The van der Waals surface area contributed by atoms with Gasteiger partial charge in [-0.3, -0.25) is 0 Å². The number of para-hydroxylation sites is 2. The van der Waals surface area contributed by atoms with E-state index < -0.39 is 6.03 Å². The number of hydrogen-bond donors (Lipinski definition) is 1. The van der Waals surface area contributed by atoms with Gasteiger partial charge in [0, 0.05) is 6.20 Å². The lowest BCUT2D eigenvalue weighted by Crippen LogP contribution is -2.14. The lowest BCUT2D eigenvalue weighted by Gasteiger charge is -2.04. The summed E-state index contributed by atoms with van der Waals surface area (Å²) < 4.78 is 1.70. The molecule has 0 bridgehead atoms. The standard InChI is InChI=1S/C17H13ClN4O/c18-15-8-4-5-9-16(15)21-17(23)20-13-10-11-22(19-12-13)14-6-2-1-3-7-14/h1-12H,(H,21,23). The van der Waals surface area contributed by atoms with Crippen molar-refractivity contribution >= 4 is 23.3 Å². The van der Waals surface area contributed by atoms with Crippen molar-refractivity contribution in [1.29, 1.82) is 0 Å². The molecule has 5 nitrogen and oxygen atoms in total. The van der Waals surface area contributed by atoms with Gasteiger partial charge in [0.1, 0.15) is 0 Å². The molecule has 0 aliphatic carbocycles. The molecule has 3 aromatic rings. The van der Waals surface area contributed by atoms with Crippen LogP contribution in [0.5, 0.6) is 0 Å². The zero-order valence-electron chi connectivity index (χ0n) is 12.1. The van der Waals surface area contributed by atoms with E-state index in [1.54, 1.807) is 41.2 Å². The highest BCUT2D eigenvalue weighted by atomic mass is 35.5. The Labute approximate surface area is 137 Å². The van der Waals surface area contributed by atoms with E-state index in [9.17, 15) is 4.79 Å². The Balaban J connectivity index is 1.78. The molecule has 0 unspecified atom stereocenters. The van der Waals surface area contributed by atoms with Gasteiger partial charge in [0.25, 0.3) is 0 Å². The second kappa shape index (κ2) is 6.89. The van der Waals surface area contributed by atoms with Crippen LogP contribution in [0.15, 0.2) is 78.0 Å². The second-order valence-corrected chi connectivity index (χ2v) is 5.09. The van der Waals surface area contributed by atoms with Crippen LogP contribution in [-0.2, 0) is 0 Å². The molecular formula is C17H13ClN4O. The van der Waals surface area contributed by atoms with Crippen LogP contribution in [-0.4, -0.2) is 15.8 Å². The fourth-order valence-electron chi connectivity index (χ4n) is 1.97. The van der Waals surface area contributed by atoms with Crippen molar-refractivity contribution < 1.29 is 4.79 Å². The van der Waals surface area contributed by atoms with Gasteiger partial charge in [0.15, 0.2) is 0 Å². The Morgan fingerprint density at radius 3 is 2.48 bits per heavy atom. The number of aromatic nitrogens is 2.